The van der Waals surface area contributed by atoms with E-state index in [2.05, 4.69) is 22.4 Å². The molecule has 0 bridgehead atoms. The smallest absolute Gasteiger partial charge is 0.241 e. The van der Waals surface area contributed by atoms with Crippen LogP contribution < -0.4 is 15.8 Å². The minimum absolute atomic E-state index is 0.0890. The number of benzene rings is 1. The molecule has 1 aromatic heterocycles. The Labute approximate surface area is 152 Å². The van der Waals surface area contributed by atoms with E-state index in [9.17, 15) is 4.79 Å². The van der Waals surface area contributed by atoms with Crippen molar-refractivity contribution in [1.29, 1.82) is 0 Å². The van der Waals surface area contributed by atoms with Gasteiger partial charge < -0.3 is 20.5 Å². The number of ether oxygens (including phenoxy) is 2. The van der Waals surface area contributed by atoms with Gasteiger partial charge in [-0.15, -0.1) is 0 Å². The van der Waals surface area contributed by atoms with Gasteiger partial charge in [0.2, 0.25) is 11.8 Å². The molecule has 2 heterocycles. The highest BCUT2D eigenvalue weighted by Crippen LogP contribution is 2.51. The summed E-state index contributed by atoms with van der Waals surface area (Å²) in [6, 6.07) is 9.05. The van der Waals surface area contributed by atoms with E-state index in [1.54, 1.807) is 18.3 Å². The lowest BCUT2D eigenvalue weighted by molar-refractivity contribution is -0.117. The average Bonchev–Trinajstić information content (AvgIpc) is 3.02. The average molecular weight is 353 g/mol. The van der Waals surface area contributed by atoms with Crippen molar-refractivity contribution < 1.29 is 14.3 Å². The molecule has 0 unspecified atom stereocenters. The molecule has 1 atom stereocenters. The van der Waals surface area contributed by atoms with Gasteiger partial charge in [0.25, 0.3) is 0 Å². The molecule has 1 aliphatic carbocycles. The number of nitrogens with zero attached hydrogens (tertiary/aromatic N) is 1. The third-order valence-corrected chi connectivity index (χ3v) is 5.24. The molecule has 6 heteroatoms. The summed E-state index contributed by atoms with van der Waals surface area (Å²) in [6.45, 7) is 2.55. The number of hydrogen-bond donors (Lipinski definition) is 2. The van der Waals surface area contributed by atoms with Gasteiger partial charge in [-0.05, 0) is 55.0 Å². The fourth-order valence-electron chi connectivity index (χ4n) is 3.43. The SMILES string of the molecule is CC[C@@H](N)C(=O)Nc1ccc(Oc2ccc3c(c2)C2(CCC2)OC3)nc1. The van der Waals surface area contributed by atoms with Gasteiger partial charge in [0.15, 0.2) is 0 Å². The van der Waals surface area contributed by atoms with Crippen LogP contribution in [0.15, 0.2) is 36.5 Å². The van der Waals surface area contributed by atoms with Gasteiger partial charge in [-0.1, -0.05) is 13.0 Å². The number of fused-ring (bicyclic) bond motifs is 2. The number of hydrogen-bond acceptors (Lipinski definition) is 5. The molecule has 0 saturated heterocycles. The number of rotatable bonds is 5. The number of pyridine rings is 1. The van der Waals surface area contributed by atoms with Crippen molar-refractivity contribution in [3.63, 3.8) is 0 Å². The highest BCUT2D eigenvalue weighted by atomic mass is 16.5. The lowest BCUT2D eigenvalue weighted by atomic mass is 9.75. The first-order valence-electron chi connectivity index (χ1n) is 9.07. The number of nitrogens with two attached hydrogens (primary N) is 1. The van der Waals surface area contributed by atoms with Crippen LogP contribution in [-0.2, 0) is 21.7 Å². The van der Waals surface area contributed by atoms with Gasteiger partial charge in [-0.2, -0.15) is 0 Å². The van der Waals surface area contributed by atoms with Gasteiger partial charge in [0.1, 0.15) is 5.75 Å². The second kappa shape index (κ2) is 6.70. The first-order chi connectivity index (χ1) is 12.6. The molecule has 26 heavy (non-hydrogen) atoms. The van der Waals surface area contributed by atoms with Gasteiger partial charge in [-0.25, -0.2) is 4.98 Å². The molecule has 2 aromatic rings. The summed E-state index contributed by atoms with van der Waals surface area (Å²) in [5.41, 5.74) is 8.72. The summed E-state index contributed by atoms with van der Waals surface area (Å²) < 4.78 is 11.9. The fraction of sp³-hybridized carbons (Fsp3) is 0.400. The monoisotopic (exact) mass is 353 g/mol. The second-order valence-electron chi connectivity index (χ2n) is 6.95. The second-order valence-corrected chi connectivity index (χ2v) is 6.95. The van der Waals surface area contributed by atoms with Gasteiger partial charge in [-0.3, -0.25) is 4.79 Å². The molecular weight excluding hydrogens is 330 g/mol. The summed E-state index contributed by atoms with van der Waals surface area (Å²) in [5.74, 6) is 1.01. The normalized spacial score (nSPS) is 18.1. The van der Waals surface area contributed by atoms with E-state index in [1.807, 2.05) is 13.0 Å². The molecule has 136 valence electrons. The van der Waals surface area contributed by atoms with Crippen molar-refractivity contribution >= 4 is 11.6 Å². The highest BCUT2D eigenvalue weighted by Gasteiger charge is 2.45. The Hall–Kier alpha value is -2.44. The van der Waals surface area contributed by atoms with Crippen LogP contribution in [0.2, 0.25) is 0 Å². The van der Waals surface area contributed by atoms with Crippen LogP contribution in [0, 0.1) is 0 Å². The van der Waals surface area contributed by atoms with Crippen LogP contribution in [0.25, 0.3) is 0 Å². The molecule has 1 saturated carbocycles. The largest absolute Gasteiger partial charge is 0.439 e. The Bertz CT molecular complexity index is 816. The van der Waals surface area contributed by atoms with Crippen molar-refractivity contribution in [1.82, 2.24) is 4.98 Å². The van der Waals surface area contributed by atoms with Crippen molar-refractivity contribution in [2.75, 3.05) is 5.32 Å². The van der Waals surface area contributed by atoms with E-state index >= 15 is 0 Å². The van der Waals surface area contributed by atoms with Crippen LogP contribution in [0.1, 0.15) is 43.7 Å². The first kappa shape index (κ1) is 17.0. The Kier molecular flexibility index (Phi) is 4.38. The molecule has 1 spiro atoms. The van der Waals surface area contributed by atoms with Crippen LogP contribution in [0.3, 0.4) is 0 Å². The summed E-state index contributed by atoms with van der Waals surface area (Å²) >= 11 is 0. The summed E-state index contributed by atoms with van der Waals surface area (Å²) in [6.07, 6.45) is 5.52. The van der Waals surface area contributed by atoms with Crippen molar-refractivity contribution in [2.45, 2.75) is 50.9 Å². The Morgan fingerprint density at radius 2 is 2.23 bits per heavy atom. The highest BCUT2D eigenvalue weighted by molar-refractivity contribution is 5.94. The fourth-order valence-corrected chi connectivity index (χ4v) is 3.43. The Morgan fingerprint density at radius 1 is 1.38 bits per heavy atom. The lowest BCUT2D eigenvalue weighted by Crippen LogP contribution is -2.34. The minimum atomic E-state index is -0.515. The third kappa shape index (κ3) is 3.06. The van der Waals surface area contributed by atoms with Crippen LogP contribution in [0.5, 0.6) is 11.6 Å². The standard InChI is InChI=1S/C20H23N3O3/c1-2-17(21)19(24)23-14-5-7-18(22-11-14)26-15-6-4-13-12-25-20(8-3-9-20)16(13)10-15/h4-7,10-11,17H,2-3,8-9,12,21H2,1H3,(H,23,24)/t17-/m1/s1. The maximum absolute atomic E-state index is 11.8. The van der Waals surface area contributed by atoms with Gasteiger partial charge in [0, 0.05) is 6.07 Å². The minimum Gasteiger partial charge on any atom is -0.439 e. The number of amides is 1. The zero-order valence-corrected chi connectivity index (χ0v) is 14.8. The van der Waals surface area contributed by atoms with Crippen LogP contribution in [0.4, 0.5) is 5.69 Å². The lowest BCUT2D eigenvalue weighted by Gasteiger charge is -2.38. The summed E-state index contributed by atoms with van der Waals surface area (Å²) in [7, 11) is 0. The van der Waals surface area contributed by atoms with E-state index in [0.29, 0.717) is 24.6 Å². The molecule has 1 aliphatic heterocycles. The molecule has 1 fully saturated rings. The van der Waals surface area contributed by atoms with E-state index in [1.165, 1.54) is 17.5 Å². The molecular formula is C20H23N3O3. The molecule has 6 nitrogen and oxygen atoms in total. The number of carbonyl (C=O) groups excluding carboxylic acids is 1. The predicted molar refractivity (Wildman–Crippen MR) is 98.0 cm³/mol. The number of carbonyl (C=O) groups is 1. The van der Waals surface area contributed by atoms with Crippen LogP contribution >= 0.6 is 0 Å². The van der Waals surface area contributed by atoms with E-state index < -0.39 is 6.04 Å². The Morgan fingerprint density at radius 3 is 2.88 bits per heavy atom. The van der Waals surface area contributed by atoms with Crippen molar-refractivity contribution in [3.8, 4) is 11.6 Å². The molecule has 4 rings (SSSR count). The summed E-state index contributed by atoms with van der Waals surface area (Å²) in [4.78, 5) is 16.1. The molecule has 3 N–H and O–H groups in total. The first-order valence-corrected chi connectivity index (χ1v) is 9.07. The van der Waals surface area contributed by atoms with Gasteiger partial charge in [0.05, 0.1) is 30.1 Å². The maximum Gasteiger partial charge on any atom is 0.241 e. The molecule has 0 radical (unpaired) electrons. The topological polar surface area (TPSA) is 86.5 Å². The quantitative estimate of drug-likeness (QED) is 0.860. The number of anilines is 1. The number of nitrogens with one attached hydrogen (secondary N) is 1. The zero-order chi connectivity index (χ0) is 18.1. The van der Waals surface area contributed by atoms with E-state index in [0.717, 1.165) is 18.6 Å². The zero-order valence-electron chi connectivity index (χ0n) is 14.8. The van der Waals surface area contributed by atoms with Gasteiger partial charge >= 0.3 is 0 Å². The third-order valence-electron chi connectivity index (χ3n) is 5.24. The van der Waals surface area contributed by atoms with Crippen molar-refractivity contribution in [2.24, 2.45) is 5.73 Å². The number of aromatic nitrogens is 1. The maximum atomic E-state index is 11.8. The molecule has 1 aromatic carbocycles. The van der Waals surface area contributed by atoms with E-state index in [4.69, 9.17) is 15.2 Å². The van der Waals surface area contributed by atoms with Crippen molar-refractivity contribution in [3.05, 3.63) is 47.7 Å². The summed E-state index contributed by atoms with van der Waals surface area (Å²) in [5, 5.41) is 2.75. The molecule has 2 aliphatic rings. The van der Waals surface area contributed by atoms with E-state index in [-0.39, 0.29) is 11.5 Å². The molecule has 1 amide bonds. The van der Waals surface area contributed by atoms with Crippen LogP contribution in [-0.4, -0.2) is 16.9 Å². The Balaban J connectivity index is 1.45. The predicted octanol–water partition coefficient (Wildman–Crippen LogP) is 3.46.